The number of methoxy groups -OCH3 is 1. The van der Waals surface area contributed by atoms with Crippen LogP contribution in [-0.4, -0.2) is 13.1 Å². The van der Waals surface area contributed by atoms with Gasteiger partial charge in [-0.1, -0.05) is 42.5 Å². The fourth-order valence-corrected chi connectivity index (χ4v) is 2.63. The average Bonchev–Trinajstić information content (AvgIpc) is 3.15. The van der Waals surface area contributed by atoms with Crippen LogP contribution in [0.3, 0.4) is 0 Å². The highest BCUT2D eigenvalue weighted by Gasteiger charge is 2.09. The van der Waals surface area contributed by atoms with Gasteiger partial charge in [0.05, 0.1) is 19.2 Å². The van der Waals surface area contributed by atoms with Crippen molar-refractivity contribution in [1.82, 2.24) is 5.32 Å². The van der Waals surface area contributed by atoms with E-state index in [1.807, 2.05) is 42.5 Å². The summed E-state index contributed by atoms with van der Waals surface area (Å²) >= 11 is 0. The second-order valence-corrected chi connectivity index (χ2v) is 5.85. The first-order valence-electron chi connectivity index (χ1n) is 8.23. The van der Waals surface area contributed by atoms with Gasteiger partial charge < -0.3 is 14.5 Å². The van der Waals surface area contributed by atoms with Crippen molar-refractivity contribution in [3.63, 3.8) is 0 Å². The molecule has 1 aromatic heterocycles. The maximum absolute atomic E-state index is 11.5. The predicted octanol–water partition coefficient (Wildman–Crippen LogP) is 4.58. The highest BCUT2D eigenvalue weighted by molar-refractivity contribution is 5.89. The molecule has 0 bridgehead atoms. The second kappa shape index (κ2) is 7.81. The van der Waals surface area contributed by atoms with Crippen molar-refractivity contribution in [3.8, 4) is 11.3 Å². The van der Waals surface area contributed by atoms with E-state index in [1.54, 1.807) is 12.1 Å². The Morgan fingerprint density at radius 3 is 2.44 bits per heavy atom. The first-order chi connectivity index (χ1) is 12.2. The molecule has 0 saturated heterocycles. The molecule has 25 heavy (non-hydrogen) atoms. The molecule has 3 aromatic rings. The average molecular weight is 335 g/mol. The number of hydrogen-bond donors (Lipinski definition) is 1. The van der Waals surface area contributed by atoms with Gasteiger partial charge in [-0.25, -0.2) is 4.79 Å². The van der Waals surface area contributed by atoms with Gasteiger partial charge in [-0.3, -0.25) is 0 Å². The lowest BCUT2D eigenvalue weighted by Crippen LogP contribution is -2.17. The number of hydrogen-bond acceptors (Lipinski definition) is 4. The van der Waals surface area contributed by atoms with E-state index in [0.29, 0.717) is 12.1 Å². The molecule has 0 aliphatic carbocycles. The Kier molecular flexibility index (Phi) is 5.31. The highest BCUT2D eigenvalue weighted by Crippen LogP contribution is 2.23. The summed E-state index contributed by atoms with van der Waals surface area (Å²) < 4.78 is 10.6. The third-order valence-corrected chi connectivity index (χ3v) is 4.13. The van der Waals surface area contributed by atoms with E-state index in [9.17, 15) is 4.79 Å². The lowest BCUT2D eigenvalue weighted by atomic mass is 10.1. The van der Waals surface area contributed by atoms with Crippen LogP contribution in [0.25, 0.3) is 11.3 Å². The quantitative estimate of drug-likeness (QED) is 0.670. The number of esters is 1. The van der Waals surface area contributed by atoms with Gasteiger partial charge in [-0.05, 0) is 36.8 Å². The van der Waals surface area contributed by atoms with Crippen molar-refractivity contribution in [2.75, 3.05) is 7.11 Å². The molecule has 0 fully saturated rings. The van der Waals surface area contributed by atoms with E-state index in [-0.39, 0.29) is 12.0 Å². The second-order valence-electron chi connectivity index (χ2n) is 5.85. The maximum Gasteiger partial charge on any atom is 0.337 e. The van der Waals surface area contributed by atoms with Crippen molar-refractivity contribution >= 4 is 5.97 Å². The molecule has 0 saturated carbocycles. The van der Waals surface area contributed by atoms with E-state index in [1.165, 1.54) is 12.7 Å². The van der Waals surface area contributed by atoms with E-state index in [4.69, 9.17) is 9.15 Å². The predicted molar refractivity (Wildman–Crippen MR) is 97.2 cm³/mol. The molecule has 0 amide bonds. The SMILES string of the molecule is COC(=O)c1ccc(-c2ccc(CNC(C)c3ccccc3)o2)cc1. The minimum atomic E-state index is -0.342. The minimum absolute atomic E-state index is 0.245. The Morgan fingerprint density at radius 2 is 1.76 bits per heavy atom. The summed E-state index contributed by atoms with van der Waals surface area (Å²) in [6, 6.07) is 21.6. The summed E-state index contributed by atoms with van der Waals surface area (Å²) in [5.74, 6) is 1.31. The molecule has 0 aliphatic rings. The van der Waals surface area contributed by atoms with Crippen LogP contribution in [0.5, 0.6) is 0 Å². The van der Waals surface area contributed by atoms with Gasteiger partial charge in [0.1, 0.15) is 11.5 Å². The van der Waals surface area contributed by atoms with E-state index < -0.39 is 0 Å². The number of benzene rings is 2. The summed E-state index contributed by atoms with van der Waals surface area (Å²) in [6.07, 6.45) is 0. The van der Waals surface area contributed by atoms with Gasteiger partial charge in [-0.15, -0.1) is 0 Å². The largest absolute Gasteiger partial charge is 0.465 e. The fraction of sp³-hybridized carbons (Fsp3) is 0.190. The van der Waals surface area contributed by atoms with Gasteiger partial charge in [-0.2, -0.15) is 0 Å². The summed E-state index contributed by atoms with van der Waals surface area (Å²) in [4.78, 5) is 11.5. The summed E-state index contributed by atoms with van der Waals surface area (Å²) in [7, 11) is 1.37. The van der Waals surface area contributed by atoms with Crippen molar-refractivity contribution in [3.05, 3.63) is 83.6 Å². The fourth-order valence-electron chi connectivity index (χ4n) is 2.63. The molecule has 3 rings (SSSR count). The highest BCUT2D eigenvalue weighted by atomic mass is 16.5. The topological polar surface area (TPSA) is 51.5 Å². The molecule has 4 heteroatoms. The van der Waals surface area contributed by atoms with Crippen LogP contribution in [0.4, 0.5) is 0 Å². The molecular formula is C21H21NO3. The number of furan rings is 1. The molecule has 0 aliphatic heterocycles. The van der Waals surface area contributed by atoms with Crippen molar-refractivity contribution in [1.29, 1.82) is 0 Å². The van der Waals surface area contributed by atoms with E-state index >= 15 is 0 Å². The Hall–Kier alpha value is -2.85. The normalized spacial score (nSPS) is 11.9. The molecule has 128 valence electrons. The van der Waals surface area contributed by atoms with E-state index in [2.05, 4.69) is 24.4 Å². The van der Waals surface area contributed by atoms with Crippen LogP contribution in [0.2, 0.25) is 0 Å². The summed E-state index contributed by atoms with van der Waals surface area (Å²) in [5.41, 5.74) is 2.69. The molecule has 0 radical (unpaired) electrons. The van der Waals surface area contributed by atoms with Gasteiger partial charge >= 0.3 is 5.97 Å². The summed E-state index contributed by atoms with van der Waals surface area (Å²) in [6.45, 7) is 2.78. The molecule has 0 spiro atoms. The Labute approximate surface area is 147 Å². The third kappa shape index (κ3) is 4.17. The van der Waals surface area contributed by atoms with Crippen molar-refractivity contribution in [2.45, 2.75) is 19.5 Å². The maximum atomic E-state index is 11.5. The summed E-state index contributed by atoms with van der Waals surface area (Å²) in [5, 5.41) is 3.46. The van der Waals surface area contributed by atoms with Gasteiger partial charge in [0.25, 0.3) is 0 Å². The molecule has 1 unspecified atom stereocenters. The van der Waals surface area contributed by atoms with Crippen molar-refractivity contribution < 1.29 is 13.9 Å². The Bertz CT molecular complexity index is 822. The molecule has 1 atom stereocenters. The first kappa shape index (κ1) is 17.0. The zero-order valence-electron chi connectivity index (χ0n) is 14.4. The third-order valence-electron chi connectivity index (χ3n) is 4.13. The number of nitrogens with one attached hydrogen (secondary N) is 1. The number of carbonyl (C=O) groups excluding carboxylic acids is 1. The zero-order chi connectivity index (χ0) is 17.6. The minimum Gasteiger partial charge on any atom is -0.465 e. The van der Waals surface area contributed by atoms with Crippen LogP contribution in [0.1, 0.15) is 34.6 Å². The van der Waals surface area contributed by atoms with Gasteiger partial charge in [0.2, 0.25) is 0 Å². The van der Waals surface area contributed by atoms with E-state index in [0.717, 1.165) is 17.1 Å². The Balaban J connectivity index is 1.63. The zero-order valence-corrected chi connectivity index (χ0v) is 14.4. The molecule has 2 aromatic carbocycles. The van der Waals surface area contributed by atoms with Gasteiger partial charge in [0.15, 0.2) is 0 Å². The lowest BCUT2D eigenvalue weighted by molar-refractivity contribution is 0.0600. The monoisotopic (exact) mass is 335 g/mol. The number of ether oxygens (including phenoxy) is 1. The standard InChI is InChI=1S/C21H21NO3/c1-15(16-6-4-3-5-7-16)22-14-19-12-13-20(25-19)17-8-10-18(11-9-17)21(23)24-2/h3-13,15,22H,14H2,1-2H3. The Morgan fingerprint density at radius 1 is 1.04 bits per heavy atom. The number of carbonyl (C=O) groups is 1. The molecular weight excluding hydrogens is 314 g/mol. The van der Waals surface area contributed by atoms with Crippen LogP contribution >= 0.6 is 0 Å². The van der Waals surface area contributed by atoms with Crippen LogP contribution in [0, 0.1) is 0 Å². The molecule has 4 nitrogen and oxygen atoms in total. The van der Waals surface area contributed by atoms with Gasteiger partial charge in [0, 0.05) is 11.6 Å². The number of rotatable bonds is 6. The smallest absolute Gasteiger partial charge is 0.337 e. The van der Waals surface area contributed by atoms with Crippen LogP contribution < -0.4 is 5.32 Å². The molecule has 1 heterocycles. The van der Waals surface area contributed by atoms with Crippen LogP contribution in [0.15, 0.2) is 71.1 Å². The molecule has 1 N–H and O–H groups in total. The lowest BCUT2D eigenvalue weighted by Gasteiger charge is -2.12. The van der Waals surface area contributed by atoms with Crippen molar-refractivity contribution in [2.24, 2.45) is 0 Å². The van der Waals surface area contributed by atoms with Crippen LogP contribution in [-0.2, 0) is 11.3 Å². The first-order valence-corrected chi connectivity index (χ1v) is 8.23.